The Hall–Kier alpha value is -1.62. The van der Waals surface area contributed by atoms with Gasteiger partial charge in [-0.2, -0.15) is 0 Å². The first-order valence-corrected chi connectivity index (χ1v) is 9.24. The zero-order valence-corrected chi connectivity index (χ0v) is 19.1. The van der Waals surface area contributed by atoms with Gasteiger partial charge in [0, 0.05) is 52.6 Å². The number of guanidine groups is 1. The summed E-state index contributed by atoms with van der Waals surface area (Å²) >= 11 is 0. The fourth-order valence-corrected chi connectivity index (χ4v) is 2.91. The van der Waals surface area contributed by atoms with Crippen molar-refractivity contribution in [1.82, 2.24) is 15.5 Å². The maximum Gasteiger partial charge on any atom is 0.243 e. The lowest BCUT2D eigenvalue weighted by Gasteiger charge is -2.35. The van der Waals surface area contributed by atoms with E-state index in [1.54, 1.807) is 33.3 Å². The highest BCUT2D eigenvalue weighted by Gasteiger charge is 2.21. The van der Waals surface area contributed by atoms with Crippen molar-refractivity contribution in [3.05, 3.63) is 30.1 Å². The molecule has 1 saturated heterocycles. The number of amides is 1. The second kappa shape index (κ2) is 12.8. The molecule has 2 rings (SSSR count). The first-order valence-electron chi connectivity index (χ1n) is 9.24. The molecule has 1 fully saturated rings. The van der Waals surface area contributed by atoms with E-state index in [1.165, 1.54) is 11.0 Å². The summed E-state index contributed by atoms with van der Waals surface area (Å²) in [6, 6.07) is 6.82. The van der Waals surface area contributed by atoms with Crippen LogP contribution in [0.2, 0.25) is 0 Å². The van der Waals surface area contributed by atoms with Gasteiger partial charge in [-0.3, -0.25) is 4.79 Å². The molecule has 2 N–H and O–H groups in total. The number of nitrogens with zero attached hydrogens (tertiary/aromatic N) is 3. The standard InChI is InChI=1S/C19H30FN5O2.HI/c1-24(2)18(26)13-22-19(21-9-11-27-3)23-16-7-5-10-25(14-16)17-8-4-6-15(20)12-17;/h4,6,8,12,16H,5,7,9-11,13-14H2,1-3H3,(H2,21,22,23);1H. The van der Waals surface area contributed by atoms with Crippen molar-refractivity contribution in [3.8, 4) is 0 Å². The first-order chi connectivity index (χ1) is 13.0. The van der Waals surface area contributed by atoms with E-state index in [1.807, 2.05) is 6.07 Å². The molecular weight excluding hydrogens is 476 g/mol. The van der Waals surface area contributed by atoms with Crippen LogP contribution in [0.5, 0.6) is 0 Å². The van der Waals surface area contributed by atoms with E-state index in [0.29, 0.717) is 19.1 Å². The predicted molar refractivity (Wildman–Crippen MR) is 121 cm³/mol. The van der Waals surface area contributed by atoms with E-state index in [9.17, 15) is 9.18 Å². The number of aliphatic imine (C=N–C) groups is 1. The van der Waals surface area contributed by atoms with Crippen LogP contribution in [0.15, 0.2) is 29.3 Å². The lowest BCUT2D eigenvalue weighted by Crippen LogP contribution is -2.52. The number of benzene rings is 1. The van der Waals surface area contributed by atoms with Crippen molar-refractivity contribution < 1.29 is 13.9 Å². The zero-order valence-electron chi connectivity index (χ0n) is 16.8. The molecular formula is C19H31FIN5O2. The largest absolute Gasteiger partial charge is 0.383 e. The molecule has 1 aliphatic rings. The number of rotatable bonds is 7. The number of hydrogen-bond donors (Lipinski definition) is 2. The van der Waals surface area contributed by atoms with Crippen molar-refractivity contribution in [2.45, 2.75) is 18.9 Å². The van der Waals surface area contributed by atoms with Crippen LogP contribution in [-0.2, 0) is 9.53 Å². The third-order valence-electron chi connectivity index (χ3n) is 4.41. The zero-order chi connectivity index (χ0) is 19.6. The molecule has 0 bridgehead atoms. The fraction of sp³-hybridized carbons (Fsp3) is 0.579. The number of piperidine rings is 1. The number of hydrogen-bond acceptors (Lipinski definition) is 4. The van der Waals surface area contributed by atoms with Crippen molar-refractivity contribution in [3.63, 3.8) is 0 Å². The summed E-state index contributed by atoms with van der Waals surface area (Å²) in [5.41, 5.74) is 0.884. The monoisotopic (exact) mass is 507 g/mol. The maximum absolute atomic E-state index is 13.5. The van der Waals surface area contributed by atoms with E-state index >= 15 is 0 Å². The highest BCUT2D eigenvalue weighted by Crippen LogP contribution is 2.20. The van der Waals surface area contributed by atoms with Gasteiger partial charge in [-0.05, 0) is 31.0 Å². The van der Waals surface area contributed by atoms with Crippen molar-refractivity contribution >= 4 is 41.5 Å². The Morgan fingerprint density at radius 1 is 1.43 bits per heavy atom. The van der Waals surface area contributed by atoms with Gasteiger partial charge in [-0.25, -0.2) is 9.38 Å². The molecule has 158 valence electrons. The summed E-state index contributed by atoms with van der Waals surface area (Å²) in [6.07, 6.45) is 1.98. The van der Waals surface area contributed by atoms with E-state index in [-0.39, 0.29) is 48.3 Å². The second-order valence-corrected chi connectivity index (χ2v) is 6.78. The number of methoxy groups -OCH3 is 1. The molecule has 1 unspecified atom stereocenters. The number of likely N-dealkylation sites (N-methyl/N-ethyl adjacent to an activating group) is 1. The summed E-state index contributed by atoms with van der Waals surface area (Å²) in [5, 5.41) is 6.59. The Morgan fingerprint density at radius 2 is 2.21 bits per heavy atom. The lowest BCUT2D eigenvalue weighted by atomic mass is 10.0. The highest BCUT2D eigenvalue weighted by atomic mass is 127. The molecule has 1 aromatic carbocycles. The average molecular weight is 507 g/mol. The molecule has 0 radical (unpaired) electrons. The van der Waals surface area contributed by atoms with Crippen molar-refractivity contribution in [2.24, 2.45) is 4.99 Å². The Labute approximate surface area is 183 Å². The molecule has 0 saturated carbocycles. The van der Waals surface area contributed by atoms with Gasteiger partial charge in [0.15, 0.2) is 5.96 Å². The van der Waals surface area contributed by atoms with E-state index in [4.69, 9.17) is 4.74 Å². The Morgan fingerprint density at radius 3 is 2.89 bits per heavy atom. The molecule has 1 aliphatic heterocycles. The van der Waals surface area contributed by atoms with Gasteiger partial charge in [0.2, 0.25) is 5.91 Å². The molecule has 0 spiro atoms. The molecule has 0 aliphatic carbocycles. The van der Waals surface area contributed by atoms with Gasteiger partial charge in [0.1, 0.15) is 12.4 Å². The third kappa shape index (κ3) is 8.17. The van der Waals surface area contributed by atoms with Gasteiger partial charge in [0.25, 0.3) is 0 Å². The van der Waals surface area contributed by atoms with E-state index < -0.39 is 0 Å². The van der Waals surface area contributed by atoms with E-state index in [0.717, 1.165) is 31.6 Å². The average Bonchev–Trinajstić information content (AvgIpc) is 2.66. The molecule has 0 aromatic heterocycles. The highest BCUT2D eigenvalue weighted by molar-refractivity contribution is 14.0. The third-order valence-corrected chi connectivity index (χ3v) is 4.41. The summed E-state index contributed by atoms with van der Waals surface area (Å²) < 4.78 is 18.6. The maximum atomic E-state index is 13.5. The minimum atomic E-state index is -0.228. The number of ether oxygens (including phenoxy) is 1. The van der Waals surface area contributed by atoms with Crippen LogP contribution < -0.4 is 15.5 Å². The summed E-state index contributed by atoms with van der Waals surface area (Å²) in [6.45, 7) is 2.86. The van der Waals surface area contributed by atoms with Gasteiger partial charge in [0.05, 0.1) is 6.61 Å². The number of nitrogens with one attached hydrogen (secondary N) is 2. The van der Waals surface area contributed by atoms with Crippen LogP contribution in [0.3, 0.4) is 0 Å². The fourth-order valence-electron chi connectivity index (χ4n) is 2.91. The molecule has 9 heteroatoms. The quantitative estimate of drug-likeness (QED) is 0.255. The minimum Gasteiger partial charge on any atom is -0.383 e. The number of anilines is 1. The van der Waals surface area contributed by atoms with Crippen LogP contribution >= 0.6 is 24.0 Å². The Kier molecular flexibility index (Phi) is 11.1. The van der Waals surface area contributed by atoms with Crippen LogP contribution in [-0.4, -0.2) is 76.8 Å². The second-order valence-electron chi connectivity index (χ2n) is 6.78. The van der Waals surface area contributed by atoms with Crippen LogP contribution in [0.25, 0.3) is 0 Å². The normalized spacial score (nSPS) is 16.9. The van der Waals surface area contributed by atoms with Gasteiger partial charge >= 0.3 is 0 Å². The Bertz CT molecular complexity index is 645. The van der Waals surface area contributed by atoms with Gasteiger partial charge < -0.3 is 25.2 Å². The molecule has 28 heavy (non-hydrogen) atoms. The SMILES string of the molecule is COCCNC(=NCC(=O)N(C)C)NC1CCCN(c2cccc(F)c2)C1.I. The summed E-state index contributed by atoms with van der Waals surface area (Å²) in [4.78, 5) is 19.9. The molecule has 7 nitrogen and oxygen atoms in total. The molecule has 1 amide bonds. The number of carbonyl (C=O) groups is 1. The molecule has 1 heterocycles. The topological polar surface area (TPSA) is 69.2 Å². The smallest absolute Gasteiger partial charge is 0.243 e. The van der Waals surface area contributed by atoms with Crippen LogP contribution in [0.4, 0.5) is 10.1 Å². The number of carbonyl (C=O) groups excluding carboxylic acids is 1. The predicted octanol–water partition coefficient (Wildman–Crippen LogP) is 1.68. The van der Waals surface area contributed by atoms with Crippen molar-refractivity contribution in [2.75, 3.05) is 58.9 Å². The van der Waals surface area contributed by atoms with E-state index in [2.05, 4.69) is 20.5 Å². The van der Waals surface area contributed by atoms with Crippen LogP contribution in [0.1, 0.15) is 12.8 Å². The minimum absolute atomic E-state index is 0. The summed E-state index contributed by atoms with van der Waals surface area (Å²) in [7, 11) is 5.06. The van der Waals surface area contributed by atoms with Gasteiger partial charge in [-0.1, -0.05) is 6.07 Å². The lowest BCUT2D eigenvalue weighted by molar-refractivity contribution is -0.127. The number of halogens is 2. The van der Waals surface area contributed by atoms with Gasteiger partial charge in [-0.15, -0.1) is 24.0 Å². The Balaban J connectivity index is 0.00000392. The molecule has 1 aromatic rings. The van der Waals surface area contributed by atoms with Crippen molar-refractivity contribution in [1.29, 1.82) is 0 Å². The molecule has 1 atom stereocenters. The first kappa shape index (κ1) is 24.4. The van der Waals surface area contributed by atoms with Crippen LogP contribution in [0, 0.1) is 5.82 Å². The summed E-state index contributed by atoms with van der Waals surface area (Å²) in [5.74, 6) is 0.300.